The number of rotatable bonds is 7. The SMILES string of the molecule is CCS(=S)[C@@H]1OC2COC(c3ccccc3)O[C@@H]2C(OC(=O)c2ccccc2)C1OC(=O)c1ccccc1. The summed E-state index contributed by atoms with van der Waals surface area (Å²) < 4.78 is 30.9. The summed E-state index contributed by atoms with van der Waals surface area (Å²) in [6.07, 6.45) is -3.97. The Morgan fingerprint density at radius 2 is 1.34 bits per heavy atom. The second-order valence-corrected chi connectivity index (χ2v) is 11.9. The number of hydrogen-bond acceptors (Lipinski definition) is 8. The van der Waals surface area contributed by atoms with Gasteiger partial charge >= 0.3 is 11.9 Å². The summed E-state index contributed by atoms with van der Waals surface area (Å²) in [5.74, 6) is -0.495. The molecule has 0 aliphatic carbocycles. The second kappa shape index (κ2) is 12.3. The summed E-state index contributed by atoms with van der Waals surface area (Å²) in [5, 5.41) is 0. The Morgan fingerprint density at radius 1 is 0.816 bits per heavy atom. The van der Waals surface area contributed by atoms with Crippen LogP contribution in [0.15, 0.2) is 91.0 Å². The molecule has 3 aromatic rings. The Bertz CT molecular complexity index is 1260. The molecule has 0 bridgehead atoms. The van der Waals surface area contributed by atoms with E-state index in [-0.39, 0.29) is 6.61 Å². The minimum atomic E-state index is -0.980. The minimum absolute atomic E-state index is 0.204. The van der Waals surface area contributed by atoms with Gasteiger partial charge in [-0.05, 0) is 41.2 Å². The van der Waals surface area contributed by atoms with Gasteiger partial charge in [-0.1, -0.05) is 83.1 Å². The molecule has 0 amide bonds. The maximum Gasteiger partial charge on any atom is 0.338 e. The van der Waals surface area contributed by atoms with Crippen LogP contribution in [0.3, 0.4) is 0 Å². The Hall–Kier alpha value is -2.95. The van der Waals surface area contributed by atoms with Crippen LogP contribution < -0.4 is 0 Å². The lowest BCUT2D eigenvalue weighted by molar-refractivity contribution is -0.317. The van der Waals surface area contributed by atoms with Crippen molar-refractivity contribution in [3.8, 4) is 0 Å². The molecule has 5 unspecified atom stereocenters. The van der Waals surface area contributed by atoms with E-state index in [1.165, 1.54) is 0 Å². The normalized spacial score (nSPS) is 27.5. The van der Waals surface area contributed by atoms with Crippen molar-refractivity contribution in [2.45, 2.75) is 43.1 Å². The first kappa shape index (κ1) is 26.6. The molecule has 0 aromatic heterocycles. The second-order valence-electron chi connectivity index (χ2n) is 8.86. The predicted molar refractivity (Wildman–Crippen MR) is 145 cm³/mol. The maximum absolute atomic E-state index is 13.3. The number of carbonyl (C=O) groups excluding carboxylic acids is 2. The number of benzene rings is 3. The van der Waals surface area contributed by atoms with E-state index in [4.69, 9.17) is 34.9 Å². The molecule has 0 spiro atoms. The van der Waals surface area contributed by atoms with Crippen molar-refractivity contribution in [1.82, 2.24) is 0 Å². The first-order chi connectivity index (χ1) is 18.5. The Labute approximate surface area is 228 Å². The summed E-state index contributed by atoms with van der Waals surface area (Å²) in [5.41, 5.74) is 0.880. The Morgan fingerprint density at radius 3 is 1.89 bits per heavy atom. The molecule has 2 aliphatic heterocycles. The summed E-state index contributed by atoms with van der Waals surface area (Å²) in [6.45, 7) is 2.15. The van der Waals surface area contributed by atoms with Gasteiger partial charge in [-0.25, -0.2) is 9.59 Å². The highest BCUT2D eigenvalue weighted by Gasteiger charge is 2.54. The molecule has 38 heavy (non-hydrogen) atoms. The zero-order valence-corrected chi connectivity index (χ0v) is 22.3. The quantitative estimate of drug-likeness (QED) is 0.400. The fraction of sp³-hybridized carbons (Fsp3) is 0.310. The number of esters is 2. The predicted octanol–water partition coefficient (Wildman–Crippen LogP) is 4.38. The lowest BCUT2D eigenvalue weighted by Gasteiger charge is -2.48. The first-order valence-corrected chi connectivity index (χ1v) is 14.8. The van der Waals surface area contributed by atoms with E-state index in [1.807, 2.05) is 49.4 Å². The highest BCUT2D eigenvalue weighted by atomic mass is 32.8. The highest BCUT2D eigenvalue weighted by Crippen LogP contribution is 2.38. The van der Waals surface area contributed by atoms with Gasteiger partial charge in [-0.2, -0.15) is 0 Å². The number of ether oxygens (including phenoxy) is 5. The maximum atomic E-state index is 13.3. The van der Waals surface area contributed by atoms with E-state index in [0.717, 1.165) is 5.56 Å². The Balaban J connectivity index is 1.50. The summed E-state index contributed by atoms with van der Waals surface area (Å²) >= 11 is 5.75. The lowest BCUT2D eigenvalue weighted by Crippen LogP contribution is -2.64. The lowest BCUT2D eigenvalue weighted by atomic mass is 9.98. The monoisotopic (exact) mass is 552 g/mol. The molecule has 9 heteroatoms. The third-order valence-corrected chi connectivity index (χ3v) is 9.15. The van der Waals surface area contributed by atoms with Crippen LogP contribution in [-0.2, 0) is 44.3 Å². The van der Waals surface area contributed by atoms with E-state index in [9.17, 15) is 9.59 Å². The molecular formula is C29H28O7S2. The van der Waals surface area contributed by atoms with E-state index in [0.29, 0.717) is 16.9 Å². The van der Waals surface area contributed by atoms with Crippen molar-refractivity contribution < 1.29 is 33.3 Å². The molecule has 2 saturated heterocycles. The smallest absolute Gasteiger partial charge is 0.338 e. The van der Waals surface area contributed by atoms with Gasteiger partial charge in [0.25, 0.3) is 0 Å². The fourth-order valence-electron chi connectivity index (χ4n) is 4.49. The van der Waals surface area contributed by atoms with Gasteiger partial charge in [-0.3, -0.25) is 0 Å². The minimum Gasteiger partial charge on any atom is -0.452 e. The molecule has 0 N–H and O–H groups in total. The number of hydrogen-bond donors (Lipinski definition) is 0. The van der Waals surface area contributed by atoms with Crippen LogP contribution in [0.4, 0.5) is 0 Å². The van der Waals surface area contributed by atoms with Crippen LogP contribution in [0.2, 0.25) is 0 Å². The molecule has 2 aliphatic rings. The molecule has 7 atom stereocenters. The summed E-state index contributed by atoms with van der Waals surface area (Å²) in [6, 6.07) is 26.8. The van der Waals surface area contributed by atoms with Gasteiger partial charge in [-0.15, -0.1) is 0 Å². The molecular weight excluding hydrogens is 524 g/mol. The van der Waals surface area contributed by atoms with Crippen molar-refractivity contribution in [2.24, 2.45) is 0 Å². The van der Waals surface area contributed by atoms with Crippen molar-refractivity contribution in [1.29, 1.82) is 0 Å². The summed E-state index contributed by atoms with van der Waals surface area (Å²) in [4.78, 5) is 26.5. The van der Waals surface area contributed by atoms with Gasteiger partial charge in [0.05, 0.1) is 17.7 Å². The topological polar surface area (TPSA) is 80.3 Å². The van der Waals surface area contributed by atoms with Crippen LogP contribution in [0.1, 0.15) is 39.5 Å². The highest BCUT2D eigenvalue weighted by molar-refractivity contribution is 8.29. The molecule has 198 valence electrons. The Kier molecular flexibility index (Phi) is 8.61. The third kappa shape index (κ3) is 5.87. The van der Waals surface area contributed by atoms with Gasteiger partial charge < -0.3 is 23.7 Å². The van der Waals surface area contributed by atoms with Crippen LogP contribution in [0, 0.1) is 0 Å². The summed E-state index contributed by atoms with van der Waals surface area (Å²) in [7, 11) is -0.725. The zero-order chi connectivity index (χ0) is 26.5. The molecule has 7 nitrogen and oxygen atoms in total. The van der Waals surface area contributed by atoms with Crippen LogP contribution >= 0.6 is 0 Å². The van der Waals surface area contributed by atoms with Crippen LogP contribution in [-0.4, -0.2) is 54.2 Å². The largest absolute Gasteiger partial charge is 0.452 e. The third-order valence-electron chi connectivity index (χ3n) is 6.40. The van der Waals surface area contributed by atoms with Crippen LogP contribution in [0.5, 0.6) is 0 Å². The van der Waals surface area contributed by atoms with E-state index in [2.05, 4.69) is 0 Å². The van der Waals surface area contributed by atoms with Crippen molar-refractivity contribution in [3.05, 3.63) is 108 Å². The van der Waals surface area contributed by atoms with Crippen molar-refractivity contribution in [3.63, 3.8) is 0 Å². The van der Waals surface area contributed by atoms with Gasteiger partial charge in [0.2, 0.25) is 0 Å². The molecule has 5 rings (SSSR count). The van der Waals surface area contributed by atoms with Crippen molar-refractivity contribution >= 4 is 32.6 Å². The van der Waals surface area contributed by atoms with E-state index in [1.54, 1.807) is 48.5 Å². The van der Waals surface area contributed by atoms with E-state index >= 15 is 0 Å². The molecule has 0 saturated carbocycles. The van der Waals surface area contributed by atoms with Crippen LogP contribution in [0.25, 0.3) is 0 Å². The first-order valence-electron chi connectivity index (χ1n) is 12.4. The van der Waals surface area contributed by atoms with Gasteiger partial charge in [0.15, 0.2) is 18.5 Å². The zero-order valence-electron chi connectivity index (χ0n) is 20.7. The number of carbonyl (C=O) groups is 2. The molecule has 0 radical (unpaired) electrons. The average Bonchev–Trinajstić information content (AvgIpc) is 2.98. The van der Waals surface area contributed by atoms with Gasteiger partial charge in [0, 0.05) is 5.56 Å². The molecule has 2 heterocycles. The van der Waals surface area contributed by atoms with Gasteiger partial charge in [0.1, 0.15) is 17.6 Å². The average molecular weight is 553 g/mol. The fourth-order valence-corrected chi connectivity index (χ4v) is 6.06. The number of fused-ring (bicyclic) bond motifs is 1. The van der Waals surface area contributed by atoms with E-state index < -0.39 is 57.5 Å². The molecule has 3 aromatic carbocycles. The molecule has 2 fully saturated rings. The standard InChI is InChI=1S/C29H28O7S2/c1-2-38(37)29-25(35-27(31)20-14-8-4-9-15-20)24(34-26(30)19-12-6-3-7-13-19)23-22(33-29)18-32-28(36-23)21-16-10-5-11-17-21/h3-17,22-25,28-29H,2,18H2,1H3/t22?,23-,24?,25?,28?,29-,38?/m0/s1. The van der Waals surface area contributed by atoms with Crippen molar-refractivity contribution in [2.75, 3.05) is 12.4 Å².